The Kier molecular flexibility index (Phi) is 6.20. The average Bonchev–Trinajstić information content (AvgIpc) is 2.77. The Morgan fingerprint density at radius 1 is 0.966 bits per heavy atom. The quantitative estimate of drug-likeness (QED) is 0.616. The molecule has 2 aromatic carbocycles. The molecule has 0 saturated carbocycles. The maximum absolute atomic E-state index is 10.1. The lowest BCUT2D eigenvalue weighted by Gasteiger charge is -2.38. The van der Waals surface area contributed by atoms with Crippen LogP contribution in [-0.4, -0.2) is 73.7 Å². The fraction of sp³-hybridized carbons (Fsp3) is 0.435. The van der Waals surface area contributed by atoms with Gasteiger partial charge in [0.25, 0.3) is 0 Å². The van der Waals surface area contributed by atoms with Crippen LogP contribution < -0.4 is 10.2 Å². The Hall–Kier alpha value is -2.73. The van der Waals surface area contributed by atoms with Crippen molar-refractivity contribution in [1.82, 2.24) is 15.1 Å². The molecule has 0 unspecified atom stereocenters. The number of hydrogen-bond acceptors (Lipinski definition) is 4. The first-order valence-corrected chi connectivity index (χ1v) is 10.5. The number of para-hydroxylation sites is 2. The number of hydrogen-bond donors (Lipinski definition) is 2. The van der Waals surface area contributed by atoms with Crippen molar-refractivity contribution in [2.75, 3.05) is 57.8 Å². The van der Waals surface area contributed by atoms with Gasteiger partial charge in [0.05, 0.1) is 5.69 Å². The molecule has 2 N–H and O–H groups in total. The SMILES string of the molecule is CN=C(NCCN1CCc2ccccc2C1)N1CCN(c2ccccc2O)CC1. The second-order valence-electron chi connectivity index (χ2n) is 7.73. The number of benzene rings is 2. The molecular weight excluding hydrogens is 362 g/mol. The van der Waals surface area contributed by atoms with E-state index in [1.54, 1.807) is 6.07 Å². The van der Waals surface area contributed by atoms with Crippen LogP contribution in [0.5, 0.6) is 5.75 Å². The highest BCUT2D eigenvalue weighted by Crippen LogP contribution is 2.27. The number of aromatic hydroxyl groups is 1. The molecule has 6 heteroatoms. The van der Waals surface area contributed by atoms with E-state index in [2.05, 4.69) is 49.3 Å². The summed E-state index contributed by atoms with van der Waals surface area (Å²) in [6.45, 7) is 7.62. The van der Waals surface area contributed by atoms with E-state index in [1.807, 2.05) is 25.2 Å². The van der Waals surface area contributed by atoms with Gasteiger partial charge in [0.15, 0.2) is 5.96 Å². The van der Waals surface area contributed by atoms with E-state index < -0.39 is 0 Å². The van der Waals surface area contributed by atoms with E-state index in [0.717, 1.165) is 70.4 Å². The van der Waals surface area contributed by atoms with Crippen LogP contribution in [0.2, 0.25) is 0 Å². The first-order valence-electron chi connectivity index (χ1n) is 10.5. The first-order chi connectivity index (χ1) is 14.2. The predicted molar refractivity (Wildman–Crippen MR) is 119 cm³/mol. The molecule has 0 bridgehead atoms. The standard InChI is InChI=1S/C23H31N5O/c1-24-23(25-11-13-26-12-10-19-6-2-3-7-20(19)18-26)28-16-14-27(15-17-28)21-8-4-5-9-22(21)29/h2-9,29H,10-18H2,1H3,(H,24,25). The van der Waals surface area contributed by atoms with E-state index in [1.165, 1.54) is 11.1 Å². The molecule has 1 fully saturated rings. The predicted octanol–water partition coefficient (Wildman–Crippen LogP) is 2.15. The van der Waals surface area contributed by atoms with Crippen LogP contribution in [0.3, 0.4) is 0 Å². The zero-order chi connectivity index (χ0) is 20.1. The minimum atomic E-state index is 0.353. The van der Waals surface area contributed by atoms with E-state index in [0.29, 0.717) is 5.75 Å². The van der Waals surface area contributed by atoms with E-state index in [4.69, 9.17) is 0 Å². The molecule has 6 nitrogen and oxygen atoms in total. The topological polar surface area (TPSA) is 54.3 Å². The van der Waals surface area contributed by atoms with Crippen molar-refractivity contribution in [3.05, 3.63) is 59.7 Å². The summed E-state index contributed by atoms with van der Waals surface area (Å²) in [5, 5.41) is 13.6. The lowest BCUT2D eigenvalue weighted by Crippen LogP contribution is -2.53. The number of aliphatic imine (C=N–C) groups is 1. The van der Waals surface area contributed by atoms with Crippen LogP contribution in [0.25, 0.3) is 0 Å². The smallest absolute Gasteiger partial charge is 0.193 e. The summed E-state index contributed by atoms with van der Waals surface area (Å²) in [5.41, 5.74) is 3.87. The zero-order valence-corrected chi connectivity index (χ0v) is 17.2. The number of phenolic OH excluding ortho intramolecular Hbond substituents is 1. The van der Waals surface area contributed by atoms with Gasteiger partial charge in [-0.3, -0.25) is 9.89 Å². The summed E-state index contributed by atoms with van der Waals surface area (Å²) < 4.78 is 0. The summed E-state index contributed by atoms with van der Waals surface area (Å²) in [6, 6.07) is 16.3. The van der Waals surface area contributed by atoms with Gasteiger partial charge in [0.1, 0.15) is 5.75 Å². The van der Waals surface area contributed by atoms with Gasteiger partial charge in [-0.15, -0.1) is 0 Å². The molecule has 0 aromatic heterocycles. The molecule has 2 aromatic rings. The van der Waals surface area contributed by atoms with Crippen molar-refractivity contribution in [3.8, 4) is 5.75 Å². The van der Waals surface area contributed by atoms with Crippen molar-refractivity contribution in [2.45, 2.75) is 13.0 Å². The van der Waals surface area contributed by atoms with Crippen LogP contribution in [0.1, 0.15) is 11.1 Å². The minimum absolute atomic E-state index is 0.353. The average molecular weight is 394 g/mol. The van der Waals surface area contributed by atoms with Crippen LogP contribution in [0, 0.1) is 0 Å². The monoisotopic (exact) mass is 393 g/mol. The first kappa shape index (κ1) is 19.6. The molecule has 2 heterocycles. The van der Waals surface area contributed by atoms with Crippen molar-refractivity contribution < 1.29 is 5.11 Å². The van der Waals surface area contributed by atoms with Gasteiger partial charge in [0.2, 0.25) is 0 Å². The molecule has 154 valence electrons. The van der Waals surface area contributed by atoms with E-state index in [9.17, 15) is 5.11 Å². The van der Waals surface area contributed by atoms with Crippen LogP contribution in [0.15, 0.2) is 53.5 Å². The molecule has 0 aliphatic carbocycles. The number of nitrogens with one attached hydrogen (secondary N) is 1. The Morgan fingerprint density at radius 3 is 2.45 bits per heavy atom. The summed E-state index contributed by atoms with van der Waals surface area (Å²) in [5.74, 6) is 1.32. The van der Waals surface area contributed by atoms with Crippen LogP contribution >= 0.6 is 0 Å². The molecule has 0 spiro atoms. The van der Waals surface area contributed by atoms with Crippen LogP contribution in [-0.2, 0) is 13.0 Å². The van der Waals surface area contributed by atoms with E-state index in [-0.39, 0.29) is 0 Å². The van der Waals surface area contributed by atoms with Gasteiger partial charge in [-0.2, -0.15) is 0 Å². The van der Waals surface area contributed by atoms with Crippen LogP contribution in [0.4, 0.5) is 5.69 Å². The fourth-order valence-corrected chi connectivity index (χ4v) is 4.29. The number of rotatable bonds is 4. The second kappa shape index (κ2) is 9.18. The van der Waals surface area contributed by atoms with Gasteiger partial charge in [0, 0.05) is 59.4 Å². The number of fused-ring (bicyclic) bond motifs is 1. The molecular formula is C23H31N5O. The maximum atomic E-state index is 10.1. The Labute approximate surface area is 173 Å². The molecule has 2 aliphatic rings. The third-order valence-corrected chi connectivity index (χ3v) is 5.93. The number of guanidine groups is 1. The Bertz CT molecular complexity index is 845. The molecule has 0 amide bonds. The van der Waals surface area contributed by atoms with Crippen molar-refractivity contribution in [1.29, 1.82) is 0 Å². The van der Waals surface area contributed by atoms with Gasteiger partial charge in [-0.25, -0.2) is 0 Å². The Morgan fingerprint density at radius 2 is 1.69 bits per heavy atom. The summed E-state index contributed by atoms with van der Waals surface area (Å²) in [4.78, 5) is 11.6. The third kappa shape index (κ3) is 4.65. The minimum Gasteiger partial charge on any atom is -0.506 e. The molecule has 0 atom stereocenters. The Balaban J connectivity index is 1.24. The molecule has 2 aliphatic heterocycles. The third-order valence-electron chi connectivity index (χ3n) is 5.93. The van der Waals surface area contributed by atoms with Crippen molar-refractivity contribution in [3.63, 3.8) is 0 Å². The highest BCUT2D eigenvalue weighted by Gasteiger charge is 2.21. The fourth-order valence-electron chi connectivity index (χ4n) is 4.29. The molecule has 0 radical (unpaired) electrons. The molecule has 29 heavy (non-hydrogen) atoms. The summed E-state index contributed by atoms with van der Waals surface area (Å²) in [6.07, 6.45) is 1.14. The number of anilines is 1. The molecule has 4 rings (SSSR count). The van der Waals surface area contributed by atoms with Gasteiger partial charge in [-0.1, -0.05) is 36.4 Å². The summed E-state index contributed by atoms with van der Waals surface area (Å²) in [7, 11) is 1.86. The largest absolute Gasteiger partial charge is 0.506 e. The zero-order valence-electron chi connectivity index (χ0n) is 17.2. The van der Waals surface area contributed by atoms with Gasteiger partial charge in [-0.05, 0) is 29.7 Å². The molecule has 1 saturated heterocycles. The van der Waals surface area contributed by atoms with Gasteiger partial charge >= 0.3 is 0 Å². The number of phenols is 1. The second-order valence-corrected chi connectivity index (χ2v) is 7.73. The van der Waals surface area contributed by atoms with Crippen molar-refractivity contribution >= 4 is 11.6 Å². The van der Waals surface area contributed by atoms with Gasteiger partial charge < -0.3 is 20.2 Å². The van der Waals surface area contributed by atoms with Crippen molar-refractivity contribution in [2.24, 2.45) is 4.99 Å². The summed E-state index contributed by atoms with van der Waals surface area (Å²) >= 11 is 0. The van der Waals surface area contributed by atoms with E-state index >= 15 is 0 Å². The number of piperazine rings is 1. The maximum Gasteiger partial charge on any atom is 0.193 e. The lowest BCUT2D eigenvalue weighted by atomic mass is 10.00. The highest BCUT2D eigenvalue weighted by atomic mass is 16.3. The lowest BCUT2D eigenvalue weighted by molar-refractivity contribution is 0.256. The highest BCUT2D eigenvalue weighted by molar-refractivity contribution is 5.80. The normalized spacial score (nSPS) is 17.9. The number of nitrogens with zero attached hydrogens (tertiary/aromatic N) is 4.